The molecule has 0 bridgehead atoms. The van der Waals surface area contributed by atoms with Crippen LogP contribution in [-0.4, -0.2) is 16.1 Å². The van der Waals surface area contributed by atoms with Crippen molar-refractivity contribution < 1.29 is 4.79 Å². The van der Waals surface area contributed by atoms with Gasteiger partial charge in [-0.1, -0.05) is 47.7 Å². The lowest BCUT2D eigenvalue weighted by molar-refractivity contribution is 0.102. The molecule has 0 saturated carbocycles. The maximum Gasteiger partial charge on any atom is 0.258 e. The van der Waals surface area contributed by atoms with Crippen molar-refractivity contribution in [2.24, 2.45) is 0 Å². The van der Waals surface area contributed by atoms with Crippen molar-refractivity contribution >= 4 is 22.4 Å². The van der Waals surface area contributed by atoms with Crippen molar-refractivity contribution in [2.75, 3.05) is 5.32 Å². The van der Waals surface area contributed by atoms with Crippen LogP contribution in [0.2, 0.25) is 0 Å². The molecule has 1 aromatic heterocycles. The van der Waals surface area contributed by atoms with Gasteiger partial charge in [0.15, 0.2) is 0 Å². The third-order valence-electron chi connectivity index (χ3n) is 2.78. The summed E-state index contributed by atoms with van der Waals surface area (Å²) >= 11 is 1.36. The molecule has 0 aliphatic heterocycles. The average molecular weight is 269 g/mol. The van der Waals surface area contributed by atoms with E-state index in [1.54, 1.807) is 0 Å². The van der Waals surface area contributed by atoms with Gasteiger partial charge in [-0.05, 0) is 24.1 Å². The molecule has 0 spiro atoms. The van der Waals surface area contributed by atoms with Crippen LogP contribution < -0.4 is 5.32 Å². The molecule has 3 rings (SSSR count). The predicted octanol–water partition coefficient (Wildman–Crippen LogP) is 3.20. The SMILES string of the molecule is Cc1nnc(NC(=O)c2ccc3cccccc2-3)s1. The maximum absolute atomic E-state index is 12.2. The molecule has 2 aliphatic carbocycles. The second-order valence-electron chi connectivity index (χ2n) is 4.11. The highest BCUT2D eigenvalue weighted by Gasteiger charge is 2.16. The van der Waals surface area contributed by atoms with E-state index < -0.39 is 0 Å². The van der Waals surface area contributed by atoms with Crippen molar-refractivity contribution in [3.63, 3.8) is 0 Å². The zero-order valence-corrected chi connectivity index (χ0v) is 11.1. The van der Waals surface area contributed by atoms with Crippen LogP contribution in [0.25, 0.3) is 11.1 Å². The fourth-order valence-electron chi connectivity index (χ4n) is 1.92. The van der Waals surface area contributed by atoms with Crippen molar-refractivity contribution in [3.05, 3.63) is 53.0 Å². The number of rotatable bonds is 2. The Balaban J connectivity index is 1.91. The van der Waals surface area contributed by atoms with E-state index in [0.29, 0.717) is 10.7 Å². The van der Waals surface area contributed by atoms with Gasteiger partial charge in [0.2, 0.25) is 5.13 Å². The molecule has 5 heteroatoms. The Morgan fingerprint density at radius 1 is 1.11 bits per heavy atom. The summed E-state index contributed by atoms with van der Waals surface area (Å²) in [6.45, 7) is 1.85. The Bertz CT molecular complexity index is 707. The molecule has 19 heavy (non-hydrogen) atoms. The third kappa shape index (κ3) is 2.32. The van der Waals surface area contributed by atoms with E-state index in [0.717, 1.165) is 16.1 Å². The number of nitrogens with zero attached hydrogens (tertiary/aromatic N) is 2. The average Bonchev–Trinajstić information content (AvgIpc) is 2.90. The van der Waals surface area contributed by atoms with Crippen LogP contribution in [0.5, 0.6) is 0 Å². The highest BCUT2D eigenvalue weighted by Crippen LogP contribution is 2.27. The number of aryl methyl sites for hydroxylation is 1. The van der Waals surface area contributed by atoms with Crippen LogP contribution in [0, 0.1) is 6.92 Å². The first-order chi connectivity index (χ1) is 9.24. The number of anilines is 1. The van der Waals surface area contributed by atoms with Gasteiger partial charge in [0.25, 0.3) is 5.91 Å². The predicted molar refractivity (Wildman–Crippen MR) is 75.7 cm³/mol. The topological polar surface area (TPSA) is 54.9 Å². The van der Waals surface area contributed by atoms with Crippen molar-refractivity contribution in [2.45, 2.75) is 6.92 Å². The summed E-state index contributed by atoms with van der Waals surface area (Å²) in [6.07, 6.45) is 0. The summed E-state index contributed by atoms with van der Waals surface area (Å²) in [5.74, 6) is -0.155. The molecule has 1 aromatic rings. The summed E-state index contributed by atoms with van der Waals surface area (Å²) in [7, 11) is 0. The second kappa shape index (κ2) is 4.78. The van der Waals surface area contributed by atoms with Crippen molar-refractivity contribution in [1.82, 2.24) is 10.2 Å². The lowest BCUT2D eigenvalue weighted by atomic mass is 10.1. The Morgan fingerprint density at radius 2 is 1.95 bits per heavy atom. The monoisotopic (exact) mass is 269 g/mol. The van der Waals surface area contributed by atoms with Crippen molar-refractivity contribution in [3.8, 4) is 11.1 Å². The van der Waals surface area contributed by atoms with E-state index in [-0.39, 0.29) is 5.91 Å². The van der Waals surface area contributed by atoms with E-state index in [2.05, 4.69) is 15.5 Å². The number of nitrogens with one attached hydrogen (secondary N) is 1. The largest absolute Gasteiger partial charge is 0.296 e. The number of fused-ring (bicyclic) bond motifs is 1. The molecule has 0 unspecified atom stereocenters. The lowest BCUT2D eigenvalue weighted by Gasteiger charge is -2.01. The van der Waals surface area contributed by atoms with Gasteiger partial charge in [-0.3, -0.25) is 10.1 Å². The zero-order chi connectivity index (χ0) is 13.2. The van der Waals surface area contributed by atoms with E-state index in [4.69, 9.17) is 0 Å². The number of hydrogen-bond donors (Lipinski definition) is 1. The summed E-state index contributed by atoms with van der Waals surface area (Å²) in [6, 6.07) is 13.5. The number of carbonyl (C=O) groups is 1. The normalized spacial score (nSPS) is 10.6. The van der Waals surface area contributed by atoms with Crippen LogP contribution in [0.3, 0.4) is 0 Å². The smallest absolute Gasteiger partial charge is 0.258 e. The molecule has 0 aromatic carbocycles. The van der Waals surface area contributed by atoms with Crippen molar-refractivity contribution in [1.29, 1.82) is 0 Å². The quantitative estimate of drug-likeness (QED) is 0.777. The molecule has 4 nitrogen and oxygen atoms in total. The molecule has 0 fully saturated rings. The molecule has 1 heterocycles. The van der Waals surface area contributed by atoms with Gasteiger partial charge in [0, 0.05) is 5.56 Å². The molecule has 1 amide bonds. The first-order valence-corrected chi connectivity index (χ1v) is 6.65. The Hall–Kier alpha value is -2.27. The van der Waals surface area contributed by atoms with E-state index >= 15 is 0 Å². The van der Waals surface area contributed by atoms with E-state index in [1.807, 2.05) is 49.4 Å². The Kier molecular flexibility index (Phi) is 2.97. The van der Waals surface area contributed by atoms with Crippen LogP contribution in [0.15, 0.2) is 42.5 Å². The zero-order valence-electron chi connectivity index (χ0n) is 10.3. The fraction of sp³-hybridized carbons (Fsp3) is 0.0714. The van der Waals surface area contributed by atoms with Gasteiger partial charge in [0.05, 0.1) is 0 Å². The molecule has 0 atom stereocenters. The minimum absolute atomic E-state index is 0.155. The number of carbonyl (C=O) groups excluding carboxylic acids is 1. The van der Waals surface area contributed by atoms with Gasteiger partial charge in [-0.15, -0.1) is 10.2 Å². The summed E-state index contributed by atoms with van der Waals surface area (Å²) < 4.78 is 0. The minimum atomic E-state index is -0.155. The minimum Gasteiger partial charge on any atom is -0.296 e. The second-order valence-corrected chi connectivity index (χ2v) is 5.29. The van der Waals surface area contributed by atoms with Gasteiger partial charge in [-0.25, -0.2) is 0 Å². The number of hydrogen-bond acceptors (Lipinski definition) is 4. The molecule has 1 N–H and O–H groups in total. The first-order valence-electron chi connectivity index (χ1n) is 5.83. The summed E-state index contributed by atoms with van der Waals surface area (Å²) in [4.78, 5) is 12.2. The molecule has 94 valence electrons. The molecule has 2 aliphatic rings. The van der Waals surface area contributed by atoms with Gasteiger partial charge in [-0.2, -0.15) is 0 Å². The van der Waals surface area contributed by atoms with E-state index in [9.17, 15) is 4.79 Å². The standard InChI is InChI=1S/C14H11N3OS/c1-9-16-17-14(19-9)15-13(18)12-8-7-10-5-3-2-4-6-11(10)12/h2-8H,1H3,(H,15,17,18). The first kappa shape index (κ1) is 11.8. The lowest BCUT2D eigenvalue weighted by Crippen LogP contribution is -2.11. The fourth-order valence-corrected chi connectivity index (χ4v) is 2.51. The molecule has 0 radical (unpaired) electrons. The maximum atomic E-state index is 12.2. The van der Waals surface area contributed by atoms with Crippen LogP contribution >= 0.6 is 11.3 Å². The van der Waals surface area contributed by atoms with Crippen LogP contribution in [0.4, 0.5) is 5.13 Å². The highest BCUT2D eigenvalue weighted by molar-refractivity contribution is 7.15. The van der Waals surface area contributed by atoms with E-state index in [1.165, 1.54) is 11.3 Å². The molecular weight excluding hydrogens is 258 g/mol. The summed E-state index contributed by atoms with van der Waals surface area (Å²) in [5, 5.41) is 11.9. The number of amides is 1. The van der Waals surface area contributed by atoms with Gasteiger partial charge >= 0.3 is 0 Å². The third-order valence-corrected chi connectivity index (χ3v) is 3.54. The van der Waals surface area contributed by atoms with Gasteiger partial charge < -0.3 is 0 Å². The highest BCUT2D eigenvalue weighted by atomic mass is 32.1. The Labute approximate surface area is 114 Å². The van der Waals surface area contributed by atoms with Gasteiger partial charge in [0.1, 0.15) is 5.01 Å². The van der Waals surface area contributed by atoms with Crippen LogP contribution in [0.1, 0.15) is 15.4 Å². The molecular formula is C14H11N3OS. The Morgan fingerprint density at radius 3 is 2.74 bits per heavy atom. The number of aromatic nitrogens is 2. The van der Waals surface area contributed by atoms with Crippen LogP contribution in [-0.2, 0) is 0 Å². The summed E-state index contributed by atoms with van der Waals surface area (Å²) in [5.41, 5.74) is 2.63. The molecule has 0 saturated heterocycles.